The zero-order valence-electron chi connectivity index (χ0n) is 10.1. The Morgan fingerprint density at radius 3 is 2.61 bits per heavy atom. The molecule has 2 N–H and O–H groups in total. The highest BCUT2D eigenvalue weighted by atomic mass is 16.2. The maximum Gasteiger partial charge on any atom is 0.329 e. The molecular formula is C12H13N3O3. The van der Waals surface area contributed by atoms with Gasteiger partial charge < -0.3 is 10.3 Å². The van der Waals surface area contributed by atoms with Crippen LogP contribution in [0.15, 0.2) is 33.9 Å². The third-order valence-electron chi connectivity index (χ3n) is 2.41. The van der Waals surface area contributed by atoms with E-state index in [1.807, 2.05) is 0 Å². The number of nitrogens with one attached hydrogen (secondary N) is 2. The normalized spacial score (nSPS) is 10.8. The molecular weight excluding hydrogens is 234 g/mol. The van der Waals surface area contributed by atoms with E-state index in [4.69, 9.17) is 0 Å². The largest absolute Gasteiger partial charge is 0.335 e. The Kier molecular flexibility index (Phi) is 3.01. The van der Waals surface area contributed by atoms with E-state index in [1.54, 1.807) is 38.1 Å². The van der Waals surface area contributed by atoms with Gasteiger partial charge in [0, 0.05) is 6.04 Å². The number of para-hydroxylation sites is 2. The van der Waals surface area contributed by atoms with Gasteiger partial charge in [-0.3, -0.25) is 9.59 Å². The lowest BCUT2D eigenvalue weighted by Crippen LogP contribution is -2.45. The summed E-state index contributed by atoms with van der Waals surface area (Å²) in [6.45, 7) is 3.55. The molecule has 0 radical (unpaired) electrons. The molecule has 2 aromatic rings. The van der Waals surface area contributed by atoms with E-state index in [2.05, 4.69) is 10.3 Å². The number of rotatable bonds is 1. The number of carbonyl (C=O) groups excluding carboxylic acids is 1. The smallest absolute Gasteiger partial charge is 0.329 e. The van der Waals surface area contributed by atoms with Gasteiger partial charge in [-0.1, -0.05) is 12.1 Å². The first kappa shape index (κ1) is 12.1. The van der Waals surface area contributed by atoms with Gasteiger partial charge in [-0.2, -0.15) is 0 Å². The van der Waals surface area contributed by atoms with E-state index >= 15 is 0 Å². The Bertz CT molecular complexity index is 712. The number of aromatic amines is 1. The lowest BCUT2D eigenvalue weighted by atomic mass is 10.3. The van der Waals surface area contributed by atoms with Crippen LogP contribution in [0.2, 0.25) is 0 Å². The van der Waals surface area contributed by atoms with E-state index in [0.717, 1.165) is 4.57 Å². The number of benzene rings is 1. The number of carbonyl (C=O) groups is 1. The molecule has 2 rings (SSSR count). The zero-order valence-corrected chi connectivity index (χ0v) is 10.1. The van der Waals surface area contributed by atoms with Crippen molar-refractivity contribution in [2.45, 2.75) is 19.9 Å². The van der Waals surface area contributed by atoms with Gasteiger partial charge in [0.2, 0.25) is 0 Å². The maximum absolute atomic E-state index is 11.9. The van der Waals surface area contributed by atoms with Gasteiger partial charge in [-0.25, -0.2) is 9.36 Å². The van der Waals surface area contributed by atoms with E-state index in [0.29, 0.717) is 11.0 Å². The predicted octanol–water partition coefficient (Wildman–Crippen LogP) is 0.656. The summed E-state index contributed by atoms with van der Waals surface area (Å²) in [5.41, 5.74) is -0.874. The zero-order chi connectivity index (χ0) is 13.3. The first-order valence-electron chi connectivity index (χ1n) is 5.55. The summed E-state index contributed by atoms with van der Waals surface area (Å²) in [5, 5.41) is 2.59. The molecule has 0 aliphatic heterocycles. The molecule has 94 valence electrons. The first-order valence-corrected chi connectivity index (χ1v) is 5.55. The molecule has 0 unspecified atom stereocenters. The second kappa shape index (κ2) is 4.48. The summed E-state index contributed by atoms with van der Waals surface area (Å²) in [7, 11) is 0. The maximum atomic E-state index is 11.9. The summed E-state index contributed by atoms with van der Waals surface area (Å²) in [4.78, 5) is 37.6. The fourth-order valence-electron chi connectivity index (χ4n) is 1.67. The molecule has 18 heavy (non-hydrogen) atoms. The van der Waals surface area contributed by atoms with Crippen LogP contribution in [0.5, 0.6) is 0 Å². The molecule has 6 nitrogen and oxygen atoms in total. The van der Waals surface area contributed by atoms with Crippen LogP contribution in [-0.2, 0) is 0 Å². The SMILES string of the molecule is CC(C)NC(=O)n1c(=O)c(=O)[nH]c2ccccc21. The van der Waals surface area contributed by atoms with Gasteiger partial charge in [0.25, 0.3) is 0 Å². The Labute approximate surface area is 102 Å². The van der Waals surface area contributed by atoms with E-state index in [1.165, 1.54) is 0 Å². The molecule has 1 aromatic heterocycles. The summed E-state index contributed by atoms with van der Waals surface area (Å²) >= 11 is 0. The highest BCUT2D eigenvalue weighted by molar-refractivity contribution is 5.88. The number of H-pyrrole nitrogens is 1. The molecule has 6 heteroatoms. The molecule has 0 aliphatic carbocycles. The number of hydrogen-bond acceptors (Lipinski definition) is 3. The van der Waals surface area contributed by atoms with Gasteiger partial charge >= 0.3 is 17.1 Å². The summed E-state index contributed by atoms with van der Waals surface area (Å²) in [5.74, 6) is 0. The third-order valence-corrected chi connectivity index (χ3v) is 2.41. The van der Waals surface area contributed by atoms with Crippen LogP contribution in [0.1, 0.15) is 13.8 Å². The molecule has 0 fully saturated rings. The molecule has 0 bridgehead atoms. The Morgan fingerprint density at radius 1 is 1.28 bits per heavy atom. The van der Waals surface area contributed by atoms with Crippen LogP contribution in [0.3, 0.4) is 0 Å². The number of hydrogen-bond donors (Lipinski definition) is 2. The van der Waals surface area contributed by atoms with Crippen molar-refractivity contribution >= 4 is 17.1 Å². The Balaban J connectivity index is 2.75. The standard InChI is InChI=1S/C12H13N3O3/c1-7(2)13-12(18)15-9-6-4-3-5-8(9)14-10(16)11(15)17/h3-7H,1-2H3,(H,13,18)(H,14,16). The van der Waals surface area contributed by atoms with Crippen LogP contribution in [-0.4, -0.2) is 21.6 Å². The summed E-state index contributed by atoms with van der Waals surface area (Å²) in [6, 6.07) is 5.92. The van der Waals surface area contributed by atoms with Crippen molar-refractivity contribution in [2.24, 2.45) is 0 Å². The average Bonchev–Trinajstić information content (AvgIpc) is 2.29. The van der Waals surface area contributed by atoms with Gasteiger partial charge in [0.1, 0.15) is 0 Å². The topological polar surface area (TPSA) is 84.0 Å². The van der Waals surface area contributed by atoms with E-state index in [9.17, 15) is 14.4 Å². The molecule has 0 atom stereocenters. The van der Waals surface area contributed by atoms with Crippen LogP contribution in [0.4, 0.5) is 4.79 Å². The van der Waals surface area contributed by atoms with Crippen molar-refractivity contribution in [3.05, 3.63) is 45.0 Å². The van der Waals surface area contributed by atoms with Crippen molar-refractivity contribution in [1.82, 2.24) is 14.9 Å². The van der Waals surface area contributed by atoms with E-state index in [-0.39, 0.29) is 6.04 Å². The second-order valence-corrected chi connectivity index (χ2v) is 4.22. The van der Waals surface area contributed by atoms with E-state index < -0.39 is 17.1 Å². The molecule has 1 aromatic carbocycles. The third kappa shape index (κ3) is 2.04. The first-order chi connectivity index (χ1) is 8.50. The summed E-state index contributed by atoms with van der Waals surface area (Å²) < 4.78 is 0.855. The number of amides is 1. The Hall–Kier alpha value is -2.37. The molecule has 0 spiro atoms. The Morgan fingerprint density at radius 2 is 1.94 bits per heavy atom. The van der Waals surface area contributed by atoms with Gasteiger partial charge in [0.15, 0.2) is 0 Å². The molecule has 0 aliphatic rings. The minimum Gasteiger partial charge on any atom is -0.335 e. The van der Waals surface area contributed by atoms with Crippen LogP contribution in [0, 0.1) is 0 Å². The van der Waals surface area contributed by atoms with Crippen LogP contribution >= 0.6 is 0 Å². The number of nitrogens with zero attached hydrogens (tertiary/aromatic N) is 1. The molecule has 0 saturated heterocycles. The second-order valence-electron chi connectivity index (χ2n) is 4.22. The molecule has 0 saturated carbocycles. The van der Waals surface area contributed by atoms with Crippen molar-refractivity contribution < 1.29 is 4.79 Å². The van der Waals surface area contributed by atoms with Crippen molar-refractivity contribution in [1.29, 1.82) is 0 Å². The number of fused-ring (bicyclic) bond motifs is 1. The fourth-order valence-corrected chi connectivity index (χ4v) is 1.67. The highest BCUT2D eigenvalue weighted by Gasteiger charge is 2.14. The van der Waals surface area contributed by atoms with Gasteiger partial charge in [-0.05, 0) is 26.0 Å². The molecule has 1 amide bonds. The lowest BCUT2D eigenvalue weighted by Gasteiger charge is -2.11. The lowest BCUT2D eigenvalue weighted by molar-refractivity contribution is 0.240. The highest BCUT2D eigenvalue weighted by Crippen LogP contribution is 2.06. The van der Waals surface area contributed by atoms with Gasteiger partial charge in [-0.15, -0.1) is 0 Å². The minimum atomic E-state index is -0.883. The van der Waals surface area contributed by atoms with Crippen molar-refractivity contribution in [2.75, 3.05) is 0 Å². The fraction of sp³-hybridized carbons (Fsp3) is 0.250. The number of aromatic nitrogens is 2. The molecule has 1 heterocycles. The monoisotopic (exact) mass is 247 g/mol. The van der Waals surface area contributed by atoms with Crippen LogP contribution in [0.25, 0.3) is 11.0 Å². The van der Waals surface area contributed by atoms with Gasteiger partial charge in [0.05, 0.1) is 11.0 Å². The average molecular weight is 247 g/mol. The van der Waals surface area contributed by atoms with Crippen molar-refractivity contribution in [3.63, 3.8) is 0 Å². The predicted molar refractivity (Wildman–Crippen MR) is 67.9 cm³/mol. The van der Waals surface area contributed by atoms with Crippen molar-refractivity contribution in [3.8, 4) is 0 Å². The summed E-state index contributed by atoms with van der Waals surface area (Å²) in [6.07, 6.45) is 0. The minimum absolute atomic E-state index is 0.123. The van der Waals surface area contributed by atoms with Crippen LogP contribution < -0.4 is 16.4 Å². The quantitative estimate of drug-likeness (QED) is 0.726.